The van der Waals surface area contributed by atoms with Crippen molar-refractivity contribution >= 4 is 17.7 Å². The van der Waals surface area contributed by atoms with Gasteiger partial charge in [0.15, 0.2) is 10.9 Å². The number of hydrogen-bond donors (Lipinski definition) is 1. The van der Waals surface area contributed by atoms with Gasteiger partial charge in [0.25, 0.3) is 5.91 Å². The SMILES string of the molecule is O=C(NC1CCCCCC1)c1nnn(-c2ccc(OC(F)(F)F)cc2)c1CSc1ncccn1. The Hall–Kier alpha value is -3.15. The molecule has 0 saturated heterocycles. The molecule has 1 N–H and O–H groups in total. The number of nitrogens with one attached hydrogen (secondary N) is 1. The molecule has 0 spiro atoms. The first-order valence-corrected chi connectivity index (χ1v) is 11.9. The van der Waals surface area contributed by atoms with Crippen LogP contribution in [-0.2, 0) is 5.75 Å². The summed E-state index contributed by atoms with van der Waals surface area (Å²) < 4.78 is 42.9. The highest BCUT2D eigenvalue weighted by Gasteiger charge is 2.31. The van der Waals surface area contributed by atoms with Crippen LogP contribution in [0.5, 0.6) is 5.75 Å². The van der Waals surface area contributed by atoms with Gasteiger partial charge in [-0.15, -0.1) is 18.3 Å². The molecule has 1 saturated carbocycles. The molecule has 2 heterocycles. The first-order valence-electron chi connectivity index (χ1n) is 10.9. The largest absolute Gasteiger partial charge is 0.573 e. The Labute approximate surface area is 198 Å². The highest BCUT2D eigenvalue weighted by molar-refractivity contribution is 7.98. The number of halogens is 3. The number of rotatable bonds is 7. The van der Waals surface area contributed by atoms with Crippen LogP contribution >= 0.6 is 11.8 Å². The summed E-state index contributed by atoms with van der Waals surface area (Å²) in [5.74, 6) is -0.387. The van der Waals surface area contributed by atoms with Gasteiger partial charge in [0.1, 0.15) is 5.75 Å². The molecule has 4 rings (SSSR count). The number of aromatic nitrogens is 5. The maximum atomic E-state index is 13.1. The summed E-state index contributed by atoms with van der Waals surface area (Å²) in [6.45, 7) is 0. The van der Waals surface area contributed by atoms with Gasteiger partial charge in [0, 0.05) is 24.2 Å². The van der Waals surface area contributed by atoms with Crippen LogP contribution in [0.3, 0.4) is 0 Å². The van der Waals surface area contributed by atoms with Crippen molar-refractivity contribution in [3.63, 3.8) is 0 Å². The fourth-order valence-corrected chi connectivity index (χ4v) is 4.57. The van der Waals surface area contributed by atoms with Crippen LogP contribution < -0.4 is 10.1 Å². The fourth-order valence-electron chi connectivity index (χ4n) is 3.77. The van der Waals surface area contributed by atoms with Crippen LogP contribution in [0.1, 0.15) is 54.7 Å². The number of benzene rings is 1. The standard InChI is InChI=1S/C22H23F3N6O2S/c23-22(24,25)33-17-10-8-16(9-11-17)31-18(14-34-21-26-12-5-13-27-21)19(29-30-31)20(32)28-15-6-3-1-2-4-7-15/h5,8-13,15H,1-4,6-7,14H2,(H,28,32). The van der Waals surface area contributed by atoms with Gasteiger partial charge in [-0.2, -0.15) is 0 Å². The molecule has 34 heavy (non-hydrogen) atoms. The summed E-state index contributed by atoms with van der Waals surface area (Å²) in [6, 6.07) is 7.01. The first kappa shape index (κ1) is 24.0. The minimum absolute atomic E-state index is 0.0805. The molecule has 1 fully saturated rings. The van der Waals surface area contributed by atoms with E-state index in [-0.39, 0.29) is 29.1 Å². The topological polar surface area (TPSA) is 94.8 Å². The van der Waals surface area contributed by atoms with Crippen LogP contribution in [0.15, 0.2) is 47.9 Å². The van der Waals surface area contributed by atoms with E-state index in [2.05, 4.69) is 30.3 Å². The van der Waals surface area contributed by atoms with Crippen LogP contribution in [0.2, 0.25) is 0 Å². The lowest BCUT2D eigenvalue weighted by Gasteiger charge is -2.16. The molecule has 2 aromatic heterocycles. The van der Waals surface area contributed by atoms with Crippen LogP contribution in [0, 0.1) is 0 Å². The molecule has 8 nitrogen and oxygen atoms in total. The van der Waals surface area contributed by atoms with Gasteiger partial charge in [-0.1, -0.05) is 42.7 Å². The summed E-state index contributed by atoms with van der Waals surface area (Å²) >= 11 is 1.30. The Morgan fingerprint density at radius 3 is 2.41 bits per heavy atom. The quantitative estimate of drug-likeness (QED) is 0.290. The number of ether oxygens (including phenoxy) is 1. The normalized spacial score (nSPS) is 15.0. The Kier molecular flexibility index (Phi) is 7.66. The summed E-state index contributed by atoms with van der Waals surface area (Å²) in [5.41, 5.74) is 1.11. The molecule has 1 aliphatic rings. The van der Waals surface area contributed by atoms with E-state index in [0.29, 0.717) is 16.5 Å². The zero-order valence-corrected chi connectivity index (χ0v) is 19.0. The molecule has 1 amide bonds. The van der Waals surface area contributed by atoms with E-state index in [0.717, 1.165) is 38.5 Å². The van der Waals surface area contributed by atoms with Crippen molar-refractivity contribution < 1.29 is 22.7 Å². The van der Waals surface area contributed by atoms with Crippen molar-refractivity contribution in [1.82, 2.24) is 30.3 Å². The maximum Gasteiger partial charge on any atom is 0.573 e. The van der Waals surface area contributed by atoms with Crippen LogP contribution in [-0.4, -0.2) is 43.3 Å². The highest BCUT2D eigenvalue weighted by atomic mass is 32.2. The van der Waals surface area contributed by atoms with E-state index >= 15 is 0 Å². The van der Waals surface area contributed by atoms with E-state index < -0.39 is 6.36 Å². The average molecular weight is 493 g/mol. The van der Waals surface area contributed by atoms with E-state index in [4.69, 9.17) is 0 Å². The van der Waals surface area contributed by atoms with Crippen molar-refractivity contribution in [2.75, 3.05) is 0 Å². The first-order chi connectivity index (χ1) is 16.4. The molecular formula is C22H23F3N6O2S. The Morgan fingerprint density at radius 1 is 1.09 bits per heavy atom. The summed E-state index contributed by atoms with van der Waals surface area (Å²) in [4.78, 5) is 21.5. The fraction of sp³-hybridized carbons (Fsp3) is 0.409. The smallest absolute Gasteiger partial charge is 0.406 e. The number of alkyl halides is 3. The van der Waals surface area contributed by atoms with Crippen molar-refractivity contribution in [3.8, 4) is 11.4 Å². The van der Waals surface area contributed by atoms with Gasteiger partial charge in [-0.25, -0.2) is 14.6 Å². The summed E-state index contributed by atoms with van der Waals surface area (Å²) in [6.07, 6.45) is 4.75. The Balaban J connectivity index is 1.59. The third-order valence-electron chi connectivity index (χ3n) is 5.36. The van der Waals surface area contributed by atoms with E-state index in [9.17, 15) is 18.0 Å². The number of carbonyl (C=O) groups excluding carboxylic acids is 1. The van der Waals surface area contributed by atoms with Crippen molar-refractivity contribution in [2.45, 2.75) is 61.8 Å². The Bertz CT molecular complexity index is 1080. The van der Waals surface area contributed by atoms with Gasteiger partial charge >= 0.3 is 6.36 Å². The number of thioether (sulfide) groups is 1. The third kappa shape index (κ3) is 6.46. The van der Waals surface area contributed by atoms with Crippen molar-refractivity contribution in [2.24, 2.45) is 0 Å². The molecule has 0 radical (unpaired) electrons. The Morgan fingerprint density at radius 2 is 1.76 bits per heavy atom. The molecule has 0 bridgehead atoms. The van der Waals surface area contributed by atoms with E-state index in [1.807, 2.05) is 0 Å². The molecule has 1 aromatic carbocycles. The maximum absolute atomic E-state index is 13.1. The minimum atomic E-state index is -4.78. The third-order valence-corrected chi connectivity index (χ3v) is 6.25. The predicted molar refractivity (Wildman–Crippen MR) is 119 cm³/mol. The van der Waals surface area contributed by atoms with Gasteiger partial charge in [-0.05, 0) is 43.2 Å². The minimum Gasteiger partial charge on any atom is -0.406 e. The monoisotopic (exact) mass is 492 g/mol. The molecule has 0 atom stereocenters. The van der Waals surface area contributed by atoms with Crippen LogP contribution in [0.25, 0.3) is 5.69 Å². The van der Waals surface area contributed by atoms with Crippen molar-refractivity contribution in [1.29, 1.82) is 0 Å². The molecule has 3 aromatic rings. The molecule has 0 unspecified atom stereocenters. The molecule has 0 aliphatic heterocycles. The lowest BCUT2D eigenvalue weighted by Crippen LogP contribution is -2.35. The average Bonchev–Trinajstić information content (AvgIpc) is 3.07. The van der Waals surface area contributed by atoms with Crippen molar-refractivity contribution in [3.05, 3.63) is 54.1 Å². The zero-order valence-electron chi connectivity index (χ0n) is 18.2. The molecular weight excluding hydrogens is 469 g/mol. The second-order valence-electron chi connectivity index (χ2n) is 7.82. The number of carbonyl (C=O) groups is 1. The van der Waals surface area contributed by atoms with Gasteiger partial charge < -0.3 is 10.1 Å². The number of nitrogens with zero attached hydrogens (tertiary/aromatic N) is 5. The lowest BCUT2D eigenvalue weighted by atomic mass is 10.1. The second kappa shape index (κ2) is 10.9. The van der Waals surface area contributed by atoms with Gasteiger partial charge in [-0.3, -0.25) is 4.79 Å². The van der Waals surface area contributed by atoms with E-state index in [1.165, 1.54) is 40.7 Å². The highest BCUT2D eigenvalue weighted by Crippen LogP contribution is 2.26. The molecule has 12 heteroatoms. The molecule has 1 aliphatic carbocycles. The van der Waals surface area contributed by atoms with Crippen LogP contribution in [0.4, 0.5) is 13.2 Å². The lowest BCUT2D eigenvalue weighted by molar-refractivity contribution is -0.274. The predicted octanol–water partition coefficient (Wildman–Crippen LogP) is 4.70. The second-order valence-corrected chi connectivity index (χ2v) is 8.76. The molecule has 180 valence electrons. The van der Waals surface area contributed by atoms with Gasteiger partial charge in [0.05, 0.1) is 11.4 Å². The summed E-state index contributed by atoms with van der Waals surface area (Å²) in [5, 5.41) is 11.8. The van der Waals surface area contributed by atoms with E-state index in [1.54, 1.807) is 18.5 Å². The van der Waals surface area contributed by atoms with Gasteiger partial charge in [0.2, 0.25) is 0 Å². The summed E-state index contributed by atoms with van der Waals surface area (Å²) in [7, 11) is 0. The number of amides is 1. The number of hydrogen-bond acceptors (Lipinski definition) is 7. The zero-order chi connectivity index (χ0) is 24.0.